The summed E-state index contributed by atoms with van der Waals surface area (Å²) >= 11 is 0. The number of carbonyl (C=O) groups is 1. The minimum absolute atomic E-state index is 0.0512. The lowest BCUT2D eigenvalue weighted by molar-refractivity contribution is -0.130. The summed E-state index contributed by atoms with van der Waals surface area (Å²) in [7, 11) is 0. The number of nitrogens with zero attached hydrogens (tertiary/aromatic N) is 2. The number of benzene rings is 1. The van der Waals surface area contributed by atoms with Gasteiger partial charge in [-0.3, -0.25) is 9.69 Å². The highest BCUT2D eigenvalue weighted by atomic mass is 16.5. The Labute approximate surface area is 146 Å². The molecule has 1 aromatic carbocycles. The van der Waals surface area contributed by atoms with Crippen molar-refractivity contribution in [3.63, 3.8) is 0 Å². The van der Waals surface area contributed by atoms with Gasteiger partial charge in [0.15, 0.2) is 0 Å². The van der Waals surface area contributed by atoms with Gasteiger partial charge in [0.25, 0.3) is 0 Å². The fourth-order valence-corrected chi connectivity index (χ4v) is 3.12. The number of hydrogen-bond donors (Lipinski definition) is 0. The average molecular weight is 330 g/mol. The standard InChI is InChI=1S/C20H30N2O2/c1-4-24-15-11-20(23)22-14-13-21(16-18(22)3)12-5-6-19-9-7-17(2)8-10-19/h7-11,15,18H,4-6,12-14,16H2,1-3H3. The molecule has 132 valence electrons. The topological polar surface area (TPSA) is 32.8 Å². The first-order chi connectivity index (χ1) is 11.6. The molecular weight excluding hydrogens is 300 g/mol. The Morgan fingerprint density at radius 2 is 2.04 bits per heavy atom. The monoisotopic (exact) mass is 330 g/mol. The molecule has 1 unspecified atom stereocenters. The maximum atomic E-state index is 12.2. The van der Waals surface area contributed by atoms with Gasteiger partial charge >= 0.3 is 0 Å². The summed E-state index contributed by atoms with van der Waals surface area (Å²) in [6, 6.07) is 9.05. The van der Waals surface area contributed by atoms with E-state index in [9.17, 15) is 4.79 Å². The van der Waals surface area contributed by atoms with Crippen LogP contribution in [0.25, 0.3) is 0 Å². The molecular formula is C20H30N2O2. The van der Waals surface area contributed by atoms with Crippen LogP contribution < -0.4 is 0 Å². The zero-order valence-corrected chi connectivity index (χ0v) is 15.2. The Kier molecular flexibility index (Phi) is 7.32. The third kappa shape index (κ3) is 5.68. The van der Waals surface area contributed by atoms with Gasteiger partial charge in [0, 0.05) is 31.8 Å². The van der Waals surface area contributed by atoms with Gasteiger partial charge in [-0.2, -0.15) is 0 Å². The van der Waals surface area contributed by atoms with Crippen molar-refractivity contribution in [2.24, 2.45) is 0 Å². The lowest BCUT2D eigenvalue weighted by Crippen LogP contribution is -2.53. The molecule has 0 spiro atoms. The van der Waals surface area contributed by atoms with Crippen molar-refractivity contribution in [1.82, 2.24) is 9.80 Å². The molecule has 1 amide bonds. The third-order valence-corrected chi connectivity index (χ3v) is 4.53. The van der Waals surface area contributed by atoms with Crippen molar-refractivity contribution in [2.45, 2.75) is 39.7 Å². The summed E-state index contributed by atoms with van der Waals surface area (Å²) in [5.74, 6) is 0.0512. The quantitative estimate of drug-likeness (QED) is 0.569. The highest BCUT2D eigenvalue weighted by molar-refractivity contribution is 5.87. The van der Waals surface area contributed by atoms with E-state index in [1.807, 2.05) is 11.8 Å². The number of carbonyl (C=O) groups excluding carboxylic acids is 1. The van der Waals surface area contributed by atoms with Crippen molar-refractivity contribution < 1.29 is 9.53 Å². The summed E-state index contributed by atoms with van der Waals surface area (Å²) in [6.07, 6.45) is 5.31. The Bertz CT molecular complexity index is 539. The number of ether oxygens (including phenoxy) is 1. The van der Waals surface area contributed by atoms with Crippen LogP contribution in [0.4, 0.5) is 0 Å². The van der Waals surface area contributed by atoms with E-state index >= 15 is 0 Å². The third-order valence-electron chi connectivity index (χ3n) is 4.53. The van der Waals surface area contributed by atoms with Crippen LogP contribution in [0.5, 0.6) is 0 Å². The number of hydrogen-bond acceptors (Lipinski definition) is 3. The summed E-state index contributed by atoms with van der Waals surface area (Å²) < 4.78 is 5.12. The maximum absolute atomic E-state index is 12.2. The molecule has 0 N–H and O–H groups in total. The van der Waals surface area contributed by atoms with Crippen molar-refractivity contribution in [3.05, 3.63) is 47.7 Å². The van der Waals surface area contributed by atoms with E-state index in [1.165, 1.54) is 23.5 Å². The van der Waals surface area contributed by atoms with Crippen LogP contribution in [0.1, 0.15) is 31.4 Å². The minimum atomic E-state index is 0.0512. The molecule has 1 fully saturated rings. The van der Waals surface area contributed by atoms with E-state index < -0.39 is 0 Å². The molecule has 1 aromatic rings. The van der Waals surface area contributed by atoms with Crippen molar-refractivity contribution in [1.29, 1.82) is 0 Å². The van der Waals surface area contributed by atoms with Crippen LogP contribution in [0.3, 0.4) is 0 Å². The van der Waals surface area contributed by atoms with Gasteiger partial charge in [-0.15, -0.1) is 0 Å². The van der Waals surface area contributed by atoms with Crippen LogP contribution in [0.15, 0.2) is 36.6 Å². The maximum Gasteiger partial charge on any atom is 0.249 e. The molecule has 0 saturated carbocycles. The smallest absolute Gasteiger partial charge is 0.249 e. The SMILES string of the molecule is CCOC=CC(=O)N1CCN(CCCc2ccc(C)cc2)CC1C. The van der Waals surface area contributed by atoms with E-state index in [0.29, 0.717) is 6.61 Å². The van der Waals surface area contributed by atoms with E-state index in [1.54, 1.807) is 0 Å². The van der Waals surface area contributed by atoms with Gasteiger partial charge in [0.05, 0.1) is 12.9 Å². The average Bonchev–Trinajstić information content (AvgIpc) is 2.57. The fourth-order valence-electron chi connectivity index (χ4n) is 3.12. The van der Waals surface area contributed by atoms with Crippen molar-refractivity contribution in [2.75, 3.05) is 32.8 Å². The largest absolute Gasteiger partial charge is 0.501 e. The first-order valence-electron chi connectivity index (χ1n) is 8.96. The second kappa shape index (κ2) is 9.48. The number of rotatable bonds is 7. The molecule has 2 rings (SSSR count). The molecule has 1 aliphatic rings. The molecule has 0 aromatic heterocycles. The number of piperazine rings is 1. The van der Waals surface area contributed by atoms with Gasteiger partial charge in [0.2, 0.25) is 5.91 Å². The number of amides is 1. The van der Waals surface area contributed by atoms with Gasteiger partial charge in [-0.1, -0.05) is 29.8 Å². The van der Waals surface area contributed by atoms with Crippen LogP contribution in [-0.2, 0) is 16.0 Å². The highest BCUT2D eigenvalue weighted by Gasteiger charge is 2.25. The molecule has 1 heterocycles. The summed E-state index contributed by atoms with van der Waals surface area (Å²) in [5, 5.41) is 0. The molecule has 0 radical (unpaired) electrons. The van der Waals surface area contributed by atoms with Gasteiger partial charge in [-0.05, 0) is 45.7 Å². The Morgan fingerprint density at radius 1 is 1.29 bits per heavy atom. The van der Waals surface area contributed by atoms with Gasteiger partial charge < -0.3 is 9.64 Å². The van der Waals surface area contributed by atoms with Gasteiger partial charge in [-0.25, -0.2) is 0 Å². The van der Waals surface area contributed by atoms with E-state index in [0.717, 1.165) is 39.0 Å². The summed E-state index contributed by atoms with van der Waals surface area (Å²) in [5.41, 5.74) is 2.72. The molecule has 1 saturated heterocycles. The predicted molar refractivity (Wildman–Crippen MR) is 97.9 cm³/mol. The normalized spacial score (nSPS) is 19.0. The lowest BCUT2D eigenvalue weighted by atomic mass is 10.1. The highest BCUT2D eigenvalue weighted by Crippen LogP contribution is 2.12. The minimum Gasteiger partial charge on any atom is -0.501 e. The lowest BCUT2D eigenvalue weighted by Gasteiger charge is -2.39. The van der Waals surface area contributed by atoms with Gasteiger partial charge in [0.1, 0.15) is 0 Å². The van der Waals surface area contributed by atoms with Crippen LogP contribution >= 0.6 is 0 Å². The molecule has 24 heavy (non-hydrogen) atoms. The molecule has 4 nitrogen and oxygen atoms in total. The Balaban J connectivity index is 1.72. The van der Waals surface area contributed by atoms with Crippen LogP contribution in [0, 0.1) is 6.92 Å². The molecule has 0 aliphatic carbocycles. The second-order valence-corrected chi connectivity index (χ2v) is 6.53. The Morgan fingerprint density at radius 3 is 2.71 bits per heavy atom. The van der Waals surface area contributed by atoms with Crippen LogP contribution in [0.2, 0.25) is 0 Å². The van der Waals surface area contributed by atoms with Crippen molar-refractivity contribution in [3.8, 4) is 0 Å². The molecule has 1 aliphatic heterocycles. The van der Waals surface area contributed by atoms with E-state index in [-0.39, 0.29) is 11.9 Å². The van der Waals surface area contributed by atoms with Crippen molar-refractivity contribution >= 4 is 5.91 Å². The number of aryl methyl sites for hydroxylation is 2. The first kappa shape index (κ1) is 18.5. The molecule has 1 atom stereocenters. The predicted octanol–water partition coefficient (Wildman–Crippen LogP) is 3.01. The van der Waals surface area contributed by atoms with E-state index in [4.69, 9.17) is 4.74 Å². The fraction of sp³-hybridized carbons (Fsp3) is 0.550. The van der Waals surface area contributed by atoms with E-state index in [2.05, 4.69) is 43.0 Å². The summed E-state index contributed by atoms with van der Waals surface area (Å²) in [4.78, 5) is 16.6. The Hall–Kier alpha value is -1.81. The molecule has 0 bridgehead atoms. The zero-order chi connectivity index (χ0) is 17.4. The first-order valence-corrected chi connectivity index (χ1v) is 8.96. The van der Waals surface area contributed by atoms with Crippen LogP contribution in [-0.4, -0.2) is 54.5 Å². The molecule has 4 heteroatoms. The summed E-state index contributed by atoms with van der Waals surface area (Å²) in [6.45, 7) is 10.5. The second-order valence-electron chi connectivity index (χ2n) is 6.53. The zero-order valence-electron chi connectivity index (χ0n) is 15.2.